The third kappa shape index (κ3) is 6.21. The van der Waals surface area contributed by atoms with Gasteiger partial charge in [0.1, 0.15) is 19.0 Å². The molecule has 2 rings (SSSR count). The van der Waals surface area contributed by atoms with E-state index in [0.29, 0.717) is 22.9 Å². The van der Waals surface area contributed by atoms with E-state index in [0.717, 1.165) is 5.56 Å². The van der Waals surface area contributed by atoms with Crippen molar-refractivity contribution >= 4 is 17.6 Å². The first-order valence-corrected chi connectivity index (χ1v) is 8.17. The predicted molar refractivity (Wildman–Crippen MR) is 95.4 cm³/mol. The van der Waals surface area contributed by atoms with Crippen molar-refractivity contribution in [1.82, 2.24) is 4.98 Å². The fourth-order valence-electron chi connectivity index (χ4n) is 1.99. The van der Waals surface area contributed by atoms with Crippen molar-refractivity contribution in [2.24, 2.45) is 0 Å². The van der Waals surface area contributed by atoms with Crippen molar-refractivity contribution in [3.05, 3.63) is 71.5 Å². The SMILES string of the molecule is C=CCOC(C)C(=O)OCc1cc(Cl)ccc1OCc1cccnc1. The third-order valence-electron chi connectivity index (χ3n) is 3.31. The number of hydrogen-bond acceptors (Lipinski definition) is 5. The van der Waals surface area contributed by atoms with E-state index in [1.54, 1.807) is 43.6 Å². The number of esters is 1. The normalized spacial score (nSPS) is 11.6. The molecule has 0 aliphatic carbocycles. The molecule has 1 unspecified atom stereocenters. The molecular formula is C19H20ClNO4. The van der Waals surface area contributed by atoms with Gasteiger partial charge in [-0.25, -0.2) is 4.79 Å². The van der Waals surface area contributed by atoms with Crippen LogP contribution in [0.4, 0.5) is 0 Å². The first-order chi connectivity index (χ1) is 12.1. The molecule has 1 aromatic carbocycles. The average molecular weight is 362 g/mol. The van der Waals surface area contributed by atoms with E-state index in [1.165, 1.54) is 0 Å². The average Bonchev–Trinajstić information content (AvgIpc) is 2.64. The standard InChI is InChI=1S/C19H20ClNO4/c1-3-9-23-14(2)19(22)25-13-16-10-17(20)6-7-18(16)24-12-15-5-4-8-21-11-15/h3-8,10-11,14H,1,9,12-13H2,2H3. The molecule has 0 amide bonds. The number of halogens is 1. The van der Waals surface area contributed by atoms with Gasteiger partial charge in [0.25, 0.3) is 0 Å². The second-order valence-corrected chi connectivity index (χ2v) is 5.71. The molecule has 0 saturated heterocycles. The number of pyridine rings is 1. The molecule has 0 saturated carbocycles. The summed E-state index contributed by atoms with van der Waals surface area (Å²) in [6.45, 7) is 5.85. The molecule has 132 valence electrons. The van der Waals surface area contributed by atoms with E-state index in [9.17, 15) is 4.79 Å². The first-order valence-electron chi connectivity index (χ1n) is 7.79. The molecule has 0 aliphatic heterocycles. The van der Waals surface area contributed by atoms with Crippen LogP contribution in [0.25, 0.3) is 0 Å². The molecule has 1 heterocycles. The van der Waals surface area contributed by atoms with Crippen molar-refractivity contribution in [1.29, 1.82) is 0 Å². The minimum absolute atomic E-state index is 0.0452. The maximum absolute atomic E-state index is 11.9. The second kappa shape index (κ2) is 9.81. The summed E-state index contributed by atoms with van der Waals surface area (Å²) in [6, 6.07) is 8.94. The van der Waals surface area contributed by atoms with Crippen molar-refractivity contribution in [2.75, 3.05) is 6.61 Å². The number of nitrogens with zero attached hydrogens (tertiary/aromatic N) is 1. The molecule has 0 bridgehead atoms. The highest BCUT2D eigenvalue weighted by atomic mass is 35.5. The van der Waals surface area contributed by atoms with Gasteiger partial charge in [0.2, 0.25) is 0 Å². The number of rotatable bonds is 9. The van der Waals surface area contributed by atoms with Gasteiger partial charge in [0, 0.05) is 28.5 Å². The van der Waals surface area contributed by atoms with Crippen molar-refractivity contribution < 1.29 is 19.0 Å². The molecule has 1 aromatic heterocycles. The third-order valence-corrected chi connectivity index (χ3v) is 3.54. The van der Waals surface area contributed by atoms with Crippen LogP contribution in [-0.2, 0) is 27.5 Å². The molecule has 0 radical (unpaired) electrons. The zero-order chi connectivity index (χ0) is 18.1. The Morgan fingerprint density at radius 3 is 2.92 bits per heavy atom. The van der Waals surface area contributed by atoms with Gasteiger partial charge in [0.15, 0.2) is 6.10 Å². The van der Waals surface area contributed by atoms with Crippen LogP contribution in [0.15, 0.2) is 55.4 Å². The van der Waals surface area contributed by atoms with Crippen molar-refractivity contribution in [3.8, 4) is 5.75 Å². The number of ether oxygens (including phenoxy) is 3. The Balaban J connectivity index is 1.98. The fraction of sp³-hybridized carbons (Fsp3) is 0.263. The summed E-state index contributed by atoms with van der Waals surface area (Å²) in [7, 11) is 0. The summed E-state index contributed by atoms with van der Waals surface area (Å²) < 4.78 is 16.3. The number of benzene rings is 1. The molecule has 2 aromatic rings. The van der Waals surface area contributed by atoms with Crippen LogP contribution in [0.3, 0.4) is 0 Å². The summed E-state index contributed by atoms with van der Waals surface area (Å²) in [5, 5.41) is 0.538. The van der Waals surface area contributed by atoms with Gasteiger partial charge in [-0.1, -0.05) is 23.7 Å². The van der Waals surface area contributed by atoms with Crippen LogP contribution in [0.2, 0.25) is 5.02 Å². The molecule has 25 heavy (non-hydrogen) atoms. The number of aromatic nitrogens is 1. The number of carbonyl (C=O) groups is 1. The Morgan fingerprint density at radius 2 is 2.20 bits per heavy atom. The van der Waals surface area contributed by atoms with E-state index in [2.05, 4.69) is 11.6 Å². The zero-order valence-corrected chi connectivity index (χ0v) is 14.7. The smallest absolute Gasteiger partial charge is 0.335 e. The molecule has 5 nitrogen and oxygen atoms in total. The monoisotopic (exact) mass is 361 g/mol. The Hall–Kier alpha value is -2.37. The highest BCUT2D eigenvalue weighted by Crippen LogP contribution is 2.25. The molecular weight excluding hydrogens is 342 g/mol. The highest BCUT2D eigenvalue weighted by molar-refractivity contribution is 6.30. The Bertz CT molecular complexity index is 706. The van der Waals surface area contributed by atoms with Crippen molar-refractivity contribution in [3.63, 3.8) is 0 Å². The summed E-state index contributed by atoms with van der Waals surface area (Å²) in [5.41, 5.74) is 1.62. The molecule has 1 atom stereocenters. The first kappa shape index (κ1) is 19.0. The van der Waals surface area contributed by atoms with Gasteiger partial charge >= 0.3 is 5.97 Å². The summed E-state index contributed by atoms with van der Waals surface area (Å²) in [4.78, 5) is 16.0. The largest absolute Gasteiger partial charge is 0.488 e. The second-order valence-electron chi connectivity index (χ2n) is 5.27. The van der Waals surface area contributed by atoms with E-state index >= 15 is 0 Å². The lowest BCUT2D eigenvalue weighted by atomic mass is 10.2. The maximum atomic E-state index is 11.9. The summed E-state index contributed by atoms with van der Waals surface area (Å²) in [5.74, 6) is 0.140. The molecule has 0 fully saturated rings. The van der Waals surface area contributed by atoms with E-state index < -0.39 is 12.1 Å². The lowest BCUT2D eigenvalue weighted by Gasteiger charge is -2.14. The minimum Gasteiger partial charge on any atom is -0.488 e. The zero-order valence-electron chi connectivity index (χ0n) is 14.0. The Labute approximate surface area is 152 Å². The van der Waals surface area contributed by atoms with Crippen LogP contribution in [0.1, 0.15) is 18.1 Å². The lowest BCUT2D eigenvalue weighted by Crippen LogP contribution is -2.23. The van der Waals surface area contributed by atoms with Crippen LogP contribution in [0.5, 0.6) is 5.75 Å². The topological polar surface area (TPSA) is 57.7 Å². The molecule has 0 N–H and O–H groups in total. The Kier molecular flexibility index (Phi) is 7.44. The lowest BCUT2D eigenvalue weighted by molar-refractivity contribution is -0.156. The summed E-state index contributed by atoms with van der Waals surface area (Å²) >= 11 is 6.04. The van der Waals surface area contributed by atoms with E-state index in [1.807, 2.05) is 12.1 Å². The van der Waals surface area contributed by atoms with E-state index in [-0.39, 0.29) is 13.2 Å². The van der Waals surface area contributed by atoms with Crippen LogP contribution >= 0.6 is 11.6 Å². The number of carbonyl (C=O) groups excluding carboxylic acids is 1. The van der Waals surface area contributed by atoms with E-state index in [4.69, 9.17) is 25.8 Å². The summed E-state index contributed by atoms with van der Waals surface area (Å²) in [6.07, 6.45) is 4.34. The van der Waals surface area contributed by atoms with Crippen LogP contribution in [0, 0.1) is 0 Å². The van der Waals surface area contributed by atoms with Crippen molar-refractivity contribution in [2.45, 2.75) is 26.2 Å². The fourth-order valence-corrected chi connectivity index (χ4v) is 2.19. The van der Waals surface area contributed by atoms with Crippen LogP contribution < -0.4 is 4.74 Å². The Morgan fingerprint density at radius 1 is 1.36 bits per heavy atom. The quantitative estimate of drug-likeness (QED) is 0.500. The molecule has 0 aliphatic rings. The maximum Gasteiger partial charge on any atom is 0.335 e. The molecule has 0 spiro atoms. The van der Waals surface area contributed by atoms with Crippen LogP contribution in [-0.4, -0.2) is 23.7 Å². The molecule has 6 heteroatoms. The number of hydrogen-bond donors (Lipinski definition) is 0. The highest BCUT2D eigenvalue weighted by Gasteiger charge is 2.16. The van der Waals surface area contributed by atoms with Gasteiger partial charge in [-0.05, 0) is 31.2 Å². The van der Waals surface area contributed by atoms with Gasteiger partial charge < -0.3 is 14.2 Å². The minimum atomic E-state index is -0.669. The van der Waals surface area contributed by atoms with Gasteiger partial charge in [-0.3, -0.25) is 4.98 Å². The van der Waals surface area contributed by atoms with Gasteiger partial charge in [-0.15, -0.1) is 6.58 Å². The van der Waals surface area contributed by atoms with Gasteiger partial charge in [0.05, 0.1) is 6.61 Å². The predicted octanol–water partition coefficient (Wildman–Crippen LogP) is 3.95. The van der Waals surface area contributed by atoms with Gasteiger partial charge in [-0.2, -0.15) is 0 Å².